The molecule has 1 radical (unpaired) electrons. The molecule has 1 saturated heterocycles. The van der Waals surface area contributed by atoms with Gasteiger partial charge in [-0.1, -0.05) is 0 Å². The van der Waals surface area contributed by atoms with Gasteiger partial charge in [-0.15, -0.1) is 0 Å². The van der Waals surface area contributed by atoms with Crippen LogP contribution in [0.2, 0.25) is 0 Å². The Bertz CT molecular complexity index is 84.9. The lowest BCUT2D eigenvalue weighted by atomic mass is 10.5. The first-order valence-electron chi connectivity index (χ1n) is 1.91. The smallest absolute Gasteiger partial charge is 0.344 e. The maximum absolute atomic E-state index is 10.2. The Labute approximate surface area is 41.2 Å². The zero-order valence-corrected chi connectivity index (χ0v) is 3.93. The molecule has 1 aliphatic heterocycles. The molecule has 0 unspecified atom stereocenters. The Balaban J connectivity index is 2.24. The quantitative estimate of drug-likeness (QED) is 0.337. The molecule has 0 aromatic heterocycles. The van der Waals surface area contributed by atoms with Gasteiger partial charge in [-0.05, 0) is 0 Å². The molecule has 39 valence electrons. The summed E-state index contributed by atoms with van der Waals surface area (Å²) >= 11 is 0. The summed E-state index contributed by atoms with van der Waals surface area (Å²) in [6.45, 7) is 0.451. The highest BCUT2D eigenvalue weighted by molar-refractivity contribution is 5.85. The van der Waals surface area contributed by atoms with E-state index in [1.807, 2.05) is 0 Å². The van der Waals surface area contributed by atoms with Crippen molar-refractivity contribution in [1.82, 2.24) is 0 Å². The normalized spacial score (nSPS) is 19.0. The second kappa shape index (κ2) is 1.50. The third-order valence-corrected chi connectivity index (χ3v) is 0.702. The third kappa shape index (κ3) is 0.899. The van der Waals surface area contributed by atoms with Gasteiger partial charge < -0.3 is 9.47 Å². The average Bonchev–Trinajstić information content (AvgIpc) is 2.44. The molecule has 1 rings (SSSR count). The Morgan fingerprint density at radius 1 is 2.00 bits per heavy atom. The van der Waals surface area contributed by atoms with E-state index in [4.69, 9.17) is 0 Å². The molecule has 0 aromatic carbocycles. The number of ether oxygens (including phenoxy) is 2. The molecule has 0 spiro atoms. The van der Waals surface area contributed by atoms with Crippen LogP contribution in [0.1, 0.15) is 0 Å². The van der Waals surface area contributed by atoms with Crippen molar-refractivity contribution in [3.05, 3.63) is 6.10 Å². The topological polar surface area (TPSA) is 38.8 Å². The summed E-state index contributed by atoms with van der Waals surface area (Å²) < 4.78 is 8.78. The summed E-state index contributed by atoms with van der Waals surface area (Å²) in [7, 11) is 1.33. The van der Waals surface area contributed by atoms with Crippen LogP contribution in [-0.4, -0.2) is 19.7 Å². The van der Waals surface area contributed by atoms with Crippen LogP contribution in [0.25, 0.3) is 0 Å². The molecule has 0 saturated carbocycles. The number of hydrogen-bond donors (Lipinski definition) is 0. The molecule has 0 bridgehead atoms. The van der Waals surface area contributed by atoms with Gasteiger partial charge >= 0.3 is 5.97 Å². The fraction of sp³-hybridized carbons (Fsp3) is 0.500. The molecule has 7 heavy (non-hydrogen) atoms. The first kappa shape index (κ1) is 4.59. The molecule has 1 heterocycles. The third-order valence-electron chi connectivity index (χ3n) is 0.702. The highest BCUT2D eigenvalue weighted by atomic mass is 16.6. The summed E-state index contributed by atoms with van der Waals surface area (Å²) in [5, 5.41) is 0. The Morgan fingerprint density at radius 2 is 2.57 bits per heavy atom. The number of epoxide rings is 1. The predicted octanol–water partition coefficient (Wildman–Crippen LogP) is -0.278. The van der Waals surface area contributed by atoms with Gasteiger partial charge in [0.15, 0.2) is 0 Å². The van der Waals surface area contributed by atoms with Gasteiger partial charge in [0.2, 0.25) is 6.10 Å². The van der Waals surface area contributed by atoms with Crippen LogP contribution in [0.5, 0.6) is 0 Å². The van der Waals surface area contributed by atoms with Crippen molar-refractivity contribution >= 4 is 5.97 Å². The van der Waals surface area contributed by atoms with Crippen LogP contribution in [-0.2, 0) is 14.3 Å². The van der Waals surface area contributed by atoms with Gasteiger partial charge in [0, 0.05) is 0 Å². The van der Waals surface area contributed by atoms with Crippen molar-refractivity contribution in [3.8, 4) is 0 Å². The van der Waals surface area contributed by atoms with Crippen LogP contribution in [0.15, 0.2) is 0 Å². The van der Waals surface area contributed by atoms with Crippen LogP contribution in [0.4, 0.5) is 0 Å². The molecule has 0 amide bonds. The minimum atomic E-state index is -0.347. The average molecular weight is 101 g/mol. The lowest BCUT2D eigenvalue weighted by Crippen LogP contribution is -2.00. The van der Waals surface area contributed by atoms with E-state index in [1.54, 1.807) is 0 Å². The molecule has 0 aliphatic carbocycles. The summed E-state index contributed by atoms with van der Waals surface area (Å²) in [4.78, 5) is 10.2. The highest BCUT2D eigenvalue weighted by Gasteiger charge is 2.34. The number of rotatable bonds is 1. The fourth-order valence-corrected chi connectivity index (χ4v) is 0.268. The van der Waals surface area contributed by atoms with E-state index in [-0.39, 0.29) is 5.97 Å². The summed E-state index contributed by atoms with van der Waals surface area (Å²) in [6.07, 6.45) is 0.433. The minimum absolute atomic E-state index is 0.347. The van der Waals surface area contributed by atoms with Crippen molar-refractivity contribution in [3.63, 3.8) is 0 Å². The van der Waals surface area contributed by atoms with E-state index >= 15 is 0 Å². The molecule has 3 nitrogen and oxygen atoms in total. The van der Waals surface area contributed by atoms with Gasteiger partial charge in [-0.2, -0.15) is 0 Å². The monoisotopic (exact) mass is 101 g/mol. The molecule has 3 heteroatoms. The Morgan fingerprint density at radius 3 is 2.71 bits per heavy atom. The Kier molecular flexibility index (Phi) is 0.982. The summed E-state index contributed by atoms with van der Waals surface area (Å²) in [5.74, 6) is -0.347. The van der Waals surface area contributed by atoms with Crippen LogP contribution < -0.4 is 0 Å². The van der Waals surface area contributed by atoms with E-state index in [9.17, 15) is 4.79 Å². The molecule has 0 N–H and O–H groups in total. The van der Waals surface area contributed by atoms with Crippen molar-refractivity contribution in [2.24, 2.45) is 0 Å². The first-order valence-corrected chi connectivity index (χ1v) is 1.91. The van der Waals surface area contributed by atoms with E-state index in [1.165, 1.54) is 7.11 Å². The number of esters is 1. The maximum Gasteiger partial charge on any atom is 0.344 e. The number of carbonyl (C=O) groups excluding carboxylic acids is 1. The standard InChI is InChI=1S/C4H5O3/c1-6-4(5)3-2-7-3/h2H2,1H3. The summed E-state index contributed by atoms with van der Waals surface area (Å²) in [6, 6.07) is 0. The molecule has 0 atom stereocenters. The predicted molar refractivity (Wildman–Crippen MR) is 21.2 cm³/mol. The Hall–Kier alpha value is -0.570. The highest BCUT2D eigenvalue weighted by Crippen LogP contribution is 2.19. The molecule has 1 fully saturated rings. The maximum atomic E-state index is 10.2. The van der Waals surface area contributed by atoms with Gasteiger partial charge in [0.1, 0.15) is 0 Å². The molecule has 0 aromatic rings. The molecular formula is C4H5O3. The zero-order valence-electron chi connectivity index (χ0n) is 3.93. The largest absolute Gasteiger partial charge is 0.467 e. The SMILES string of the molecule is COC(=O)[C]1CO1. The van der Waals surface area contributed by atoms with Crippen LogP contribution >= 0.6 is 0 Å². The fourth-order valence-electron chi connectivity index (χ4n) is 0.268. The minimum Gasteiger partial charge on any atom is -0.467 e. The van der Waals surface area contributed by atoms with Gasteiger partial charge in [0.05, 0.1) is 13.7 Å². The van der Waals surface area contributed by atoms with Crippen molar-refractivity contribution < 1.29 is 14.3 Å². The van der Waals surface area contributed by atoms with Crippen molar-refractivity contribution in [2.45, 2.75) is 0 Å². The number of carbonyl (C=O) groups is 1. The van der Waals surface area contributed by atoms with Crippen LogP contribution in [0.3, 0.4) is 0 Å². The van der Waals surface area contributed by atoms with E-state index in [0.717, 1.165) is 0 Å². The second-order valence-corrected chi connectivity index (χ2v) is 1.20. The van der Waals surface area contributed by atoms with Crippen LogP contribution in [0, 0.1) is 6.10 Å². The number of hydrogen-bond acceptors (Lipinski definition) is 3. The van der Waals surface area contributed by atoms with Gasteiger partial charge in [-0.25, -0.2) is 4.79 Å². The summed E-state index contributed by atoms with van der Waals surface area (Å²) in [5.41, 5.74) is 0. The van der Waals surface area contributed by atoms with E-state index in [0.29, 0.717) is 12.7 Å². The van der Waals surface area contributed by atoms with Crippen molar-refractivity contribution in [1.29, 1.82) is 0 Å². The van der Waals surface area contributed by atoms with E-state index in [2.05, 4.69) is 9.47 Å². The lowest BCUT2D eigenvalue weighted by Gasteiger charge is -1.86. The first-order chi connectivity index (χ1) is 3.34. The van der Waals surface area contributed by atoms with E-state index < -0.39 is 0 Å². The lowest BCUT2D eigenvalue weighted by molar-refractivity contribution is -0.138. The molecule has 1 aliphatic rings. The van der Waals surface area contributed by atoms with Crippen molar-refractivity contribution in [2.75, 3.05) is 13.7 Å². The van der Waals surface area contributed by atoms with Gasteiger partial charge in [0.25, 0.3) is 0 Å². The zero-order chi connectivity index (χ0) is 5.28. The molecular weight excluding hydrogens is 96.0 g/mol. The van der Waals surface area contributed by atoms with Gasteiger partial charge in [-0.3, -0.25) is 0 Å². The number of methoxy groups -OCH3 is 1. The second-order valence-electron chi connectivity index (χ2n) is 1.20.